The second kappa shape index (κ2) is 7.78. The van der Waals surface area contributed by atoms with Crippen molar-refractivity contribution < 1.29 is 18.6 Å². The summed E-state index contributed by atoms with van der Waals surface area (Å²) in [5.41, 5.74) is 8.57. The quantitative estimate of drug-likeness (QED) is 0.455. The highest BCUT2D eigenvalue weighted by molar-refractivity contribution is 5.74. The van der Waals surface area contributed by atoms with Crippen molar-refractivity contribution >= 4 is 11.2 Å². The first-order chi connectivity index (χ1) is 16.3. The number of halogens is 1. The van der Waals surface area contributed by atoms with Crippen LogP contribution in [0.3, 0.4) is 0 Å². The molecule has 9 nitrogen and oxygen atoms in total. The van der Waals surface area contributed by atoms with E-state index in [1.54, 1.807) is 18.5 Å². The van der Waals surface area contributed by atoms with Gasteiger partial charge in [0.15, 0.2) is 17.7 Å². The maximum atomic E-state index is 13.5. The monoisotopic (exact) mass is 464 g/mol. The van der Waals surface area contributed by atoms with Crippen LogP contribution in [0.4, 0.5) is 4.39 Å². The molecule has 1 aliphatic carbocycles. The predicted octanol–water partition coefficient (Wildman–Crippen LogP) is 2.56. The summed E-state index contributed by atoms with van der Waals surface area (Å²) >= 11 is 0. The molecule has 0 aromatic carbocycles. The minimum absolute atomic E-state index is 0.317. The summed E-state index contributed by atoms with van der Waals surface area (Å²) < 4.78 is 33.9. The third-order valence-corrected chi connectivity index (χ3v) is 6.69. The second-order valence-corrected chi connectivity index (χ2v) is 9.54. The fourth-order valence-corrected chi connectivity index (χ4v) is 5.19. The van der Waals surface area contributed by atoms with Crippen LogP contribution in [0.2, 0.25) is 0 Å². The third kappa shape index (κ3) is 3.56. The lowest BCUT2D eigenvalue weighted by Crippen LogP contribution is -2.34. The van der Waals surface area contributed by atoms with E-state index in [0.29, 0.717) is 16.9 Å². The number of ether oxygens (including phenoxy) is 3. The van der Waals surface area contributed by atoms with Gasteiger partial charge in [-0.2, -0.15) is 4.39 Å². The van der Waals surface area contributed by atoms with E-state index in [1.807, 2.05) is 18.4 Å². The molecule has 4 atom stereocenters. The van der Waals surface area contributed by atoms with E-state index < -0.39 is 41.8 Å². The van der Waals surface area contributed by atoms with Crippen LogP contribution in [0.15, 0.2) is 30.9 Å². The molecule has 3 fully saturated rings. The molecule has 1 saturated carbocycles. The lowest BCUT2D eigenvalue weighted by molar-refractivity contribution is -0.190. The van der Waals surface area contributed by atoms with Crippen LogP contribution in [0.5, 0.6) is 0 Å². The highest BCUT2D eigenvalue weighted by Gasteiger charge is 2.56. The average Bonchev–Trinajstić information content (AvgIpc) is 3.55. The first-order valence-electron chi connectivity index (χ1n) is 11.5. The average molecular weight is 465 g/mol. The van der Waals surface area contributed by atoms with Crippen molar-refractivity contribution in [3.63, 3.8) is 0 Å². The lowest BCUT2D eigenvalue weighted by Gasteiger charge is -2.24. The molecule has 6 rings (SSSR count). The van der Waals surface area contributed by atoms with Crippen LogP contribution < -0.4 is 5.73 Å². The standard InChI is InChI=1S/C24H25FN6O3/c1-23(2)33-18-15(9-8-14-6-5-7-16(25)30-14)32-22(19(18)34-23)31-13-29-17-20(27-12-28-21(17)31)24(26)10-3-4-11-24/h5-7,12-13,15,18-19,22H,3-4,10-11,26H2,1-2H3/t15-,18-,19-,22-/m1/s1. The Morgan fingerprint density at radius 2 is 1.91 bits per heavy atom. The summed E-state index contributed by atoms with van der Waals surface area (Å²) in [6, 6.07) is 4.48. The van der Waals surface area contributed by atoms with Crippen LogP contribution in [-0.4, -0.2) is 48.6 Å². The van der Waals surface area contributed by atoms with Gasteiger partial charge in [0.25, 0.3) is 0 Å². The number of hydrogen-bond donors (Lipinski definition) is 1. The van der Waals surface area contributed by atoms with Crippen LogP contribution in [0, 0.1) is 17.8 Å². The van der Waals surface area contributed by atoms with Crippen molar-refractivity contribution in [1.29, 1.82) is 0 Å². The smallest absolute Gasteiger partial charge is 0.214 e. The van der Waals surface area contributed by atoms with E-state index in [9.17, 15) is 4.39 Å². The van der Waals surface area contributed by atoms with E-state index in [2.05, 4.69) is 31.8 Å². The van der Waals surface area contributed by atoms with Gasteiger partial charge in [-0.3, -0.25) is 4.57 Å². The van der Waals surface area contributed by atoms with E-state index in [-0.39, 0.29) is 0 Å². The van der Waals surface area contributed by atoms with Crippen molar-refractivity contribution in [2.24, 2.45) is 5.73 Å². The zero-order valence-electron chi connectivity index (χ0n) is 18.9. The van der Waals surface area contributed by atoms with E-state index in [1.165, 1.54) is 12.4 Å². The fourth-order valence-electron chi connectivity index (χ4n) is 5.19. The maximum Gasteiger partial charge on any atom is 0.214 e. The van der Waals surface area contributed by atoms with Gasteiger partial charge in [-0.05, 0) is 44.7 Å². The number of nitrogens with two attached hydrogens (primary N) is 1. The van der Waals surface area contributed by atoms with Crippen LogP contribution in [-0.2, 0) is 19.7 Å². The molecule has 3 aromatic rings. The molecule has 0 amide bonds. The molecule has 176 valence electrons. The highest BCUT2D eigenvalue weighted by atomic mass is 19.1. The van der Waals surface area contributed by atoms with Gasteiger partial charge in [0.2, 0.25) is 5.95 Å². The number of imidazole rings is 1. The molecule has 5 heterocycles. The molecule has 0 spiro atoms. The van der Waals surface area contributed by atoms with Gasteiger partial charge in [-0.1, -0.05) is 24.8 Å². The first kappa shape index (κ1) is 21.6. The van der Waals surface area contributed by atoms with Gasteiger partial charge in [-0.25, -0.2) is 19.9 Å². The lowest BCUT2D eigenvalue weighted by atomic mass is 9.94. The Kier molecular flexibility index (Phi) is 4.93. The molecule has 2 N–H and O–H groups in total. The van der Waals surface area contributed by atoms with E-state index >= 15 is 0 Å². The molecule has 34 heavy (non-hydrogen) atoms. The van der Waals surface area contributed by atoms with Crippen molar-refractivity contribution in [3.8, 4) is 11.8 Å². The Balaban J connectivity index is 1.37. The highest BCUT2D eigenvalue weighted by Crippen LogP contribution is 2.44. The molecule has 0 radical (unpaired) electrons. The van der Waals surface area contributed by atoms with Crippen molar-refractivity contribution in [2.75, 3.05) is 0 Å². The van der Waals surface area contributed by atoms with Gasteiger partial charge in [0.1, 0.15) is 35.8 Å². The van der Waals surface area contributed by atoms with Gasteiger partial charge < -0.3 is 19.9 Å². The Morgan fingerprint density at radius 1 is 1.12 bits per heavy atom. The zero-order valence-corrected chi connectivity index (χ0v) is 18.9. The second-order valence-electron chi connectivity index (χ2n) is 9.54. The molecular weight excluding hydrogens is 439 g/mol. The third-order valence-electron chi connectivity index (χ3n) is 6.69. The fraction of sp³-hybridized carbons (Fsp3) is 0.500. The Morgan fingerprint density at radius 3 is 2.71 bits per heavy atom. The summed E-state index contributed by atoms with van der Waals surface area (Å²) in [7, 11) is 0. The molecule has 2 aliphatic heterocycles. The maximum absolute atomic E-state index is 13.5. The van der Waals surface area contributed by atoms with E-state index in [4.69, 9.17) is 19.9 Å². The molecule has 0 unspecified atom stereocenters. The first-order valence-corrected chi connectivity index (χ1v) is 11.5. The molecule has 10 heteroatoms. The summed E-state index contributed by atoms with van der Waals surface area (Å²) in [6.07, 6.45) is 5.01. The van der Waals surface area contributed by atoms with Gasteiger partial charge in [0.05, 0.1) is 17.6 Å². The molecule has 2 saturated heterocycles. The van der Waals surface area contributed by atoms with Crippen LogP contribution in [0.1, 0.15) is 57.1 Å². The zero-order chi connectivity index (χ0) is 23.5. The number of rotatable bonds is 2. The van der Waals surface area contributed by atoms with Gasteiger partial charge in [0, 0.05) is 0 Å². The molecule has 0 bridgehead atoms. The van der Waals surface area contributed by atoms with Gasteiger partial charge >= 0.3 is 0 Å². The van der Waals surface area contributed by atoms with Gasteiger partial charge in [-0.15, -0.1) is 0 Å². The Bertz CT molecular complexity index is 1310. The number of aromatic nitrogens is 5. The minimum atomic E-state index is -0.809. The van der Waals surface area contributed by atoms with Crippen molar-refractivity contribution in [1.82, 2.24) is 24.5 Å². The summed E-state index contributed by atoms with van der Waals surface area (Å²) in [5.74, 6) is 4.54. The normalized spacial score (nSPS) is 29.2. The topological polar surface area (TPSA) is 110 Å². The van der Waals surface area contributed by atoms with Crippen molar-refractivity contribution in [2.45, 2.75) is 75.4 Å². The number of pyridine rings is 1. The number of hydrogen-bond acceptors (Lipinski definition) is 8. The number of fused-ring (bicyclic) bond motifs is 2. The van der Waals surface area contributed by atoms with Crippen LogP contribution in [0.25, 0.3) is 11.2 Å². The summed E-state index contributed by atoms with van der Waals surface area (Å²) in [4.78, 5) is 17.4. The molecular formula is C24H25FN6O3. The predicted molar refractivity (Wildman–Crippen MR) is 118 cm³/mol. The SMILES string of the molecule is CC1(C)O[C@@H]2[C@H](O1)[C@@H](C#Cc1cccc(F)n1)O[C@H]2n1cnc2c(C3(N)CCCC3)ncnc21. The number of nitrogens with zero attached hydrogens (tertiary/aromatic N) is 5. The van der Waals surface area contributed by atoms with Crippen molar-refractivity contribution in [3.05, 3.63) is 48.2 Å². The summed E-state index contributed by atoms with van der Waals surface area (Å²) in [5, 5.41) is 0. The minimum Gasteiger partial charge on any atom is -0.341 e. The van der Waals surface area contributed by atoms with E-state index in [0.717, 1.165) is 31.4 Å². The van der Waals surface area contributed by atoms with Crippen LogP contribution >= 0.6 is 0 Å². The Hall–Kier alpha value is -2.97. The molecule has 3 aromatic heterocycles. The largest absolute Gasteiger partial charge is 0.341 e. The summed E-state index contributed by atoms with van der Waals surface area (Å²) in [6.45, 7) is 3.71. The Labute approximate surface area is 195 Å². The molecule has 3 aliphatic rings.